The summed E-state index contributed by atoms with van der Waals surface area (Å²) in [7, 11) is 1.69. The van der Waals surface area contributed by atoms with E-state index in [-0.39, 0.29) is 5.56 Å². The Kier molecular flexibility index (Phi) is 2.90. The van der Waals surface area contributed by atoms with Crippen LogP contribution in [0.25, 0.3) is 11.3 Å². The molecule has 2 rings (SSSR count). The van der Waals surface area contributed by atoms with Crippen LogP contribution in [0.4, 0.5) is 8.78 Å². The second-order valence-electron chi connectivity index (χ2n) is 4.08. The molecular weight excluding hydrogens is 238 g/mol. The molecule has 1 heterocycles. The first-order valence-electron chi connectivity index (χ1n) is 5.33. The lowest BCUT2D eigenvalue weighted by molar-refractivity contribution is 0.0999. The molecule has 2 aromatic rings. The maximum absolute atomic E-state index is 13.7. The average molecular weight is 250 g/mol. The summed E-state index contributed by atoms with van der Waals surface area (Å²) in [5.41, 5.74) is 6.92. The molecule has 18 heavy (non-hydrogen) atoms. The standard InChI is InChI=1S/C13H12F2N2O/c1-7-10(13(16)18)6-12(17(7)2)9-4-3-8(14)5-11(9)15/h3-6H,1-2H3,(H2,16,18). The molecule has 0 spiro atoms. The number of halogens is 2. The number of hydrogen-bond donors (Lipinski definition) is 1. The minimum Gasteiger partial charge on any atom is -0.366 e. The van der Waals surface area contributed by atoms with Gasteiger partial charge in [-0.2, -0.15) is 0 Å². The number of nitrogens with two attached hydrogens (primary N) is 1. The van der Waals surface area contributed by atoms with Crippen molar-refractivity contribution >= 4 is 5.91 Å². The van der Waals surface area contributed by atoms with Crippen molar-refractivity contribution in [2.75, 3.05) is 0 Å². The Labute approximate surface area is 103 Å². The van der Waals surface area contributed by atoms with Gasteiger partial charge in [0.25, 0.3) is 5.91 Å². The maximum atomic E-state index is 13.7. The SMILES string of the molecule is Cc1c(C(N)=O)cc(-c2ccc(F)cc2F)n1C. The van der Waals surface area contributed by atoms with E-state index < -0.39 is 17.5 Å². The molecule has 2 N–H and O–H groups in total. The molecule has 0 saturated carbocycles. The predicted octanol–water partition coefficient (Wildman–Crippen LogP) is 2.38. The first-order chi connectivity index (χ1) is 8.41. The number of benzene rings is 1. The van der Waals surface area contributed by atoms with Crippen molar-refractivity contribution in [3.8, 4) is 11.3 Å². The minimum absolute atomic E-state index is 0.231. The van der Waals surface area contributed by atoms with Crippen LogP contribution in [0, 0.1) is 18.6 Å². The molecule has 3 nitrogen and oxygen atoms in total. The molecule has 0 unspecified atom stereocenters. The fourth-order valence-electron chi connectivity index (χ4n) is 1.90. The summed E-state index contributed by atoms with van der Waals surface area (Å²) < 4.78 is 28.2. The first kappa shape index (κ1) is 12.3. The molecule has 0 bridgehead atoms. The van der Waals surface area contributed by atoms with Crippen LogP contribution in [-0.4, -0.2) is 10.5 Å². The van der Waals surface area contributed by atoms with Crippen molar-refractivity contribution in [2.24, 2.45) is 12.8 Å². The summed E-state index contributed by atoms with van der Waals surface area (Å²) >= 11 is 0. The molecule has 0 aliphatic carbocycles. The summed E-state index contributed by atoms with van der Waals surface area (Å²) in [6, 6.07) is 4.82. The number of carbonyl (C=O) groups is 1. The van der Waals surface area contributed by atoms with E-state index in [0.717, 1.165) is 6.07 Å². The average Bonchev–Trinajstić information content (AvgIpc) is 2.57. The lowest BCUT2D eigenvalue weighted by atomic mass is 10.1. The Hall–Kier alpha value is -2.17. The lowest BCUT2D eigenvalue weighted by Crippen LogP contribution is -2.11. The van der Waals surface area contributed by atoms with E-state index in [0.29, 0.717) is 17.0 Å². The monoisotopic (exact) mass is 250 g/mol. The van der Waals surface area contributed by atoms with Gasteiger partial charge in [-0.1, -0.05) is 0 Å². The highest BCUT2D eigenvalue weighted by Crippen LogP contribution is 2.27. The van der Waals surface area contributed by atoms with Crippen LogP contribution >= 0.6 is 0 Å². The highest BCUT2D eigenvalue weighted by atomic mass is 19.1. The summed E-state index contributed by atoms with van der Waals surface area (Å²) in [4.78, 5) is 11.2. The van der Waals surface area contributed by atoms with Crippen LogP contribution in [-0.2, 0) is 7.05 Å². The van der Waals surface area contributed by atoms with Gasteiger partial charge in [0, 0.05) is 24.4 Å². The van der Waals surface area contributed by atoms with E-state index in [4.69, 9.17) is 5.73 Å². The van der Waals surface area contributed by atoms with Crippen molar-refractivity contribution in [1.82, 2.24) is 4.57 Å². The van der Waals surface area contributed by atoms with Crippen molar-refractivity contribution in [2.45, 2.75) is 6.92 Å². The predicted molar refractivity (Wildman–Crippen MR) is 64.0 cm³/mol. The Morgan fingerprint density at radius 1 is 1.28 bits per heavy atom. The van der Waals surface area contributed by atoms with Crippen LogP contribution in [0.3, 0.4) is 0 Å². The Morgan fingerprint density at radius 2 is 1.94 bits per heavy atom. The van der Waals surface area contributed by atoms with E-state index in [1.807, 2.05) is 0 Å². The fourth-order valence-corrected chi connectivity index (χ4v) is 1.90. The number of carbonyl (C=O) groups excluding carboxylic acids is 1. The number of amides is 1. The summed E-state index contributed by atoms with van der Waals surface area (Å²) in [6.45, 7) is 1.71. The number of primary amides is 1. The minimum atomic E-state index is -0.674. The molecule has 0 saturated heterocycles. The van der Waals surface area contributed by atoms with Gasteiger partial charge >= 0.3 is 0 Å². The number of rotatable bonds is 2. The van der Waals surface area contributed by atoms with E-state index in [1.165, 1.54) is 18.2 Å². The van der Waals surface area contributed by atoms with Crippen molar-refractivity contribution in [1.29, 1.82) is 0 Å². The second-order valence-corrected chi connectivity index (χ2v) is 4.08. The van der Waals surface area contributed by atoms with Crippen LogP contribution < -0.4 is 5.73 Å². The zero-order valence-corrected chi connectivity index (χ0v) is 10.00. The third kappa shape index (κ3) is 1.88. The van der Waals surface area contributed by atoms with Gasteiger partial charge in [-0.25, -0.2) is 8.78 Å². The van der Waals surface area contributed by atoms with Crippen LogP contribution in [0.1, 0.15) is 16.1 Å². The lowest BCUT2D eigenvalue weighted by Gasteiger charge is -2.06. The molecular formula is C13H12F2N2O. The molecule has 0 aliphatic rings. The zero-order valence-electron chi connectivity index (χ0n) is 10.00. The highest BCUT2D eigenvalue weighted by molar-refractivity contribution is 5.95. The molecule has 0 radical (unpaired) electrons. The zero-order chi connectivity index (χ0) is 13.4. The molecule has 1 aromatic heterocycles. The fraction of sp³-hybridized carbons (Fsp3) is 0.154. The Balaban J connectivity index is 2.64. The van der Waals surface area contributed by atoms with Crippen LogP contribution in [0.5, 0.6) is 0 Å². The normalized spacial score (nSPS) is 10.7. The van der Waals surface area contributed by atoms with Crippen LogP contribution in [0.2, 0.25) is 0 Å². The van der Waals surface area contributed by atoms with Crippen molar-refractivity contribution in [3.05, 3.63) is 47.2 Å². The van der Waals surface area contributed by atoms with E-state index in [9.17, 15) is 13.6 Å². The number of nitrogens with zero attached hydrogens (tertiary/aromatic N) is 1. The van der Waals surface area contributed by atoms with Crippen LogP contribution in [0.15, 0.2) is 24.3 Å². The largest absolute Gasteiger partial charge is 0.366 e. The van der Waals surface area contributed by atoms with E-state index in [1.54, 1.807) is 18.5 Å². The summed E-state index contributed by atoms with van der Waals surface area (Å²) in [6.07, 6.45) is 0. The third-order valence-electron chi connectivity index (χ3n) is 3.01. The van der Waals surface area contributed by atoms with Crippen molar-refractivity contribution in [3.63, 3.8) is 0 Å². The highest BCUT2D eigenvalue weighted by Gasteiger charge is 2.16. The van der Waals surface area contributed by atoms with Gasteiger partial charge in [-0.3, -0.25) is 4.79 Å². The smallest absolute Gasteiger partial charge is 0.250 e. The molecule has 1 amide bonds. The topological polar surface area (TPSA) is 48.0 Å². The van der Waals surface area contributed by atoms with Gasteiger partial charge < -0.3 is 10.3 Å². The molecule has 0 aliphatic heterocycles. The van der Waals surface area contributed by atoms with Gasteiger partial charge in [0.15, 0.2) is 0 Å². The van der Waals surface area contributed by atoms with E-state index >= 15 is 0 Å². The summed E-state index contributed by atoms with van der Waals surface area (Å²) in [5, 5.41) is 0. The Morgan fingerprint density at radius 3 is 2.44 bits per heavy atom. The maximum Gasteiger partial charge on any atom is 0.250 e. The van der Waals surface area contributed by atoms with Gasteiger partial charge in [0.05, 0.1) is 11.3 Å². The van der Waals surface area contributed by atoms with Gasteiger partial charge in [0.1, 0.15) is 11.6 Å². The van der Waals surface area contributed by atoms with Gasteiger partial charge in [0.2, 0.25) is 0 Å². The molecule has 94 valence electrons. The summed E-state index contributed by atoms with van der Waals surface area (Å²) in [5.74, 6) is -1.89. The quantitative estimate of drug-likeness (QED) is 0.874. The first-order valence-corrected chi connectivity index (χ1v) is 5.33. The molecule has 5 heteroatoms. The Bertz CT molecular complexity index is 632. The molecule has 0 atom stereocenters. The van der Waals surface area contributed by atoms with Crippen molar-refractivity contribution < 1.29 is 13.6 Å². The number of aromatic nitrogens is 1. The number of hydrogen-bond acceptors (Lipinski definition) is 1. The van der Waals surface area contributed by atoms with Gasteiger partial charge in [-0.15, -0.1) is 0 Å². The molecule has 0 fully saturated rings. The molecule has 1 aromatic carbocycles. The third-order valence-corrected chi connectivity index (χ3v) is 3.01. The van der Waals surface area contributed by atoms with Gasteiger partial charge in [-0.05, 0) is 25.1 Å². The van der Waals surface area contributed by atoms with E-state index in [2.05, 4.69) is 0 Å². The second kappa shape index (κ2) is 4.25.